The molecule has 1 fully saturated rings. The third kappa shape index (κ3) is 5.41. The van der Waals surface area contributed by atoms with Gasteiger partial charge in [-0.2, -0.15) is 9.78 Å². The Labute approximate surface area is 105 Å². The average Bonchev–Trinajstić information content (AvgIpc) is 2.32. The summed E-state index contributed by atoms with van der Waals surface area (Å²) in [4.78, 5) is 43.5. The van der Waals surface area contributed by atoms with Crippen LogP contribution < -0.4 is 0 Å². The van der Waals surface area contributed by atoms with E-state index in [1.807, 2.05) is 9.80 Å². The van der Waals surface area contributed by atoms with Crippen LogP contribution in [0, 0.1) is 0 Å². The predicted molar refractivity (Wildman–Crippen MR) is 59.1 cm³/mol. The Hall–Kier alpha value is -1.22. The monoisotopic (exact) mass is 262 g/mol. The van der Waals surface area contributed by atoms with E-state index < -0.39 is 11.9 Å². The number of rotatable bonds is 6. The summed E-state index contributed by atoms with van der Waals surface area (Å²) < 4.78 is 0. The van der Waals surface area contributed by atoms with Gasteiger partial charge in [-0.25, -0.2) is 9.59 Å². The van der Waals surface area contributed by atoms with E-state index in [9.17, 15) is 9.59 Å². The molecule has 1 heterocycles. The Balaban J connectivity index is 2.20. The lowest BCUT2D eigenvalue weighted by Gasteiger charge is -2.32. The highest BCUT2D eigenvalue weighted by atomic mass is 17.2. The zero-order valence-electron chi connectivity index (χ0n) is 10.6. The van der Waals surface area contributed by atoms with E-state index >= 15 is 0 Å². The van der Waals surface area contributed by atoms with Gasteiger partial charge in [0, 0.05) is 26.2 Å². The first-order valence-electron chi connectivity index (χ1n) is 5.57. The Morgan fingerprint density at radius 1 is 0.833 bits per heavy atom. The van der Waals surface area contributed by atoms with E-state index in [1.54, 1.807) is 0 Å². The van der Waals surface area contributed by atoms with Gasteiger partial charge in [-0.05, 0) is 0 Å². The molecule has 0 saturated carbocycles. The van der Waals surface area contributed by atoms with Crippen molar-refractivity contribution in [1.29, 1.82) is 0 Å². The molecule has 0 N–H and O–H groups in total. The van der Waals surface area contributed by atoms with Gasteiger partial charge in [0.1, 0.15) is 13.1 Å². The molecule has 1 saturated heterocycles. The van der Waals surface area contributed by atoms with E-state index in [0.29, 0.717) is 26.2 Å². The van der Waals surface area contributed by atoms with Crippen molar-refractivity contribution in [3.8, 4) is 0 Å². The largest absolute Gasteiger partial charge is 0.356 e. The summed E-state index contributed by atoms with van der Waals surface area (Å²) >= 11 is 0. The molecule has 1 aliphatic heterocycles. The van der Waals surface area contributed by atoms with Crippen LogP contribution >= 0.6 is 0 Å². The fourth-order valence-electron chi connectivity index (χ4n) is 1.71. The molecule has 0 bridgehead atoms. The van der Waals surface area contributed by atoms with Gasteiger partial charge in [0.25, 0.3) is 0 Å². The molecular weight excluding hydrogens is 244 g/mol. The number of nitrogens with zero attached hydrogens (tertiary/aromatic N) is 2. The van der Waals surface area contributed by atoms with Crippen molar-refractivity contribution in [2.45, 2.75) is 0 Å². The second-order valence-corrected chi connectivity index (χ2v) is 3.80. The maximum absolute atomic E-state index is 11.2. The van der Waals surface area contributed by atoms with Crippen molar-refractivity contribution in [2.24, 2.45) is 0 Å². The molecule has 8 nitrogen and oxygen atoms in total. The molecule has 0 aromatic carbocycles. The van der Waals surface area contributed by atoms with Gasteiger partial charge >= 0.3 is 11.9 Å². The van der Waals surface area contributed by atoms with Crippen molar-refractivity contribution in [1.82, 2.24) is 9.80 Å². The quantitative estimate of drug-likeness (QED) is 0.437. The third-order valence-corrected chi connectivity index (χ3v) is 2.52. The lowest BCUT2D eigenvalue weighted by atomic mass is 10.3. The first kappa shape index (κ1) is 14.8. The second kappa shape index (κ2) is 7.98. The molecule has 0 atom stereocenters. The van der Waals surface area contributed by atoms with E-state index in [-0.39, 0.29) is 13.1 Å². The first-order chi connectivity index (χ1) is 8.65. The minimum absolute atomic E-state index is 0.185. The number of hydrogen-bond acceptors (Lipinski definition) is 8. The topological polar surface area (TPSA) is 77.5 Å². The van der Waals surface area contributed by atoms with Crippen LogP contribution in [-0.4, -0.2) is 75.2 Å². The minimum Gasteiger partial charge on any atom is -0.297 e. The summed E-state index contributed by atoms with van der Waals surface area (Å²) in [6, 6.07) is 0. The predicted octanol–water partition coefficient (Wildman–Crippen LogP) is -1.19. The van der Waals surface area contributed by atoms with Gasteiger partial charge in [-0.1, -0.05) is 0 Å². The minimum atomic E-state index is -0.426. The van der Waals surface area contributed by atoms with Crippen LogP contribution in [-0.2, 0) is 29.1 Å². The molecule has 0 amide bonds. The standard InChI is InChI=1S/C10H18N2O6/c1-15-17-9(13)7-11-3-5-12(6-4-11)8-10(14)18-16-2/h3-8H2,1-2H3. The second-order valence-electron chi connectivity index (χ2n) is 3.80. The van der Waals surface area contributed by atoms with Crippen LogP contribution in [0.15, 0.2) is 0 Å². The van der Waals surface area contributed by atoms with Crippen molar-refractivity contribution in [3.63, 3.8) is 0 Å². The smallest absolute Gasteiger partial charge is 0.297 e. The van der Waals surface area contributed by atoms with Crippen LogP contribution in [0.25, 0.3) is 0 Å². The molecule has 1 aliphatic rings. The maximum Gasteiger partial charge on any atom is 0.356 e. The maximum atomic E-state index is 11.2. The number of piperazine rings is 1. The molecular formula is C10H18N2O6. The van der Waals surface area contributed by atoms with Crippen molar-refractivity contribution < 1.29 is 29.1 Å². The molecule has 18 heavy (non-hydrogen) atoms. The average molecular weight is 262 g/mol. The first-order valence-corrected chi connectivity index (χ1v) is 5.57. The lowest BCUT2D eigenvalue weighted by Crippen LogP contribution is -2.49. The van der Waals surface area contributed by atoms with E-state index in [0.717, 1.165) is 0 Å². The Kier molecular flexibility index (Phi) is 6.58. The van der Waals surface area contributed by atoms with Crippen molar-refractivity contribution in [3.05, 3.63) is 0 Å². The van der Waals surface area contributed by atoms with Crippen molar-refractivity contribution >= 4 is 11.9 Å². The fraction of sp³-hybridized carbons (Fsp3) is 0.800. The number of hydrogen-bond donors (Lipinski definition) is 0. The lowest BCUT2D eigenvalue weighted by molar-refractivity contribution is -0.257. The third-order valence-electron chi connectivity index (χ3n) is 2.52. The summed E-state index contributed by atoms with van der Waals surface area (Å²) in [6.07, 6.45) is 0. The summed E-state index contributed by atoms with van der Waals surface area (Å²) in [5.74, 6) is -0.852. The fourth-order valence-corrected chi connectivity index (χ4v) is 1.71. The molecule has 0 aromatic heterocycles. The summed E-state index contributed by atoms with van der Waals surface area (Å²) in [6.45, 7) is 3.09. The van der Waals surface area contributed by atoms with Gasteiger partial charge < -0.3 is 0 Å². The molecule has 0 unspecified atom stereocenters. The van der Waals surface area contributed by atoms with Crippen LogP contribution in [0.4, 0.5) is 0 Å². The van der Waals surface area contributed by atoms with Gasteiger partial charge in [0.2, 0.25) is 0 Å². The SMILES string of the molecule is COOC(=O)CN1CCN(CC(=O)OOC)CC1. The molecule has 0 spiro atoms. The van der Waals surface area contributed by atoms with E-state index in [1.165, 1.54) is 14.2 Å². The zero-order chi connectivity index (χ0) is 13.4. The summed E-state index contributed by atoms with van der Waals surface area (Å²) in [5, 5.41) is 0. The number of carbonyl (C=O) groups is 2. The highest BCUT2D eigenvalue weighted by molar-refractivity contribution is 5.71. The molecule has 104 valence electrons. The van der Waals surface area contributed by atoms with Gasteiger partial charge in [0.05, 0.1) is 14.2 Å². The van der Waals surface area contributed by atoms with Crippen LogP contribution in [0.3, 0.4) is 0 Å². The van der Waals surface area contributed by atoms with Crippen LogP contribution in [0.2, 0.25) is 0 Å². The Bertz CT molecular complexity index is 250. The van der Waals surface area contributed by atoms with E-state index in [4.69, 9.17) is 0 Å². The van der Waals surface area contributed by atoms with Crippen molar-refractivity contribution in [2.75, 3.05) is 53.5 Å². The molecule has 1 rings (SSSR count). The highest BCUT2D eigenvalue weighted by Crippen LogP contribution is 2.02. The van der Waals surface area contributed by atoms with Gasteiger partial charge in [0.15, 0.2) is 0 Å². The van der Waals surface area contributed by atoms with E-state index in [2.05, 4.69) is 19.6 Å². The highest BCUT2D eigenvalue weighted by Gasteiger charge is 2.21. The zero-order valence-corrected chi connectivity index (χ0v) is 10.6. The van der Waals surface area contributed by atoms with Gasteiger partial charge in [-0.3, -0.25) is 19.6 Å². The number of carbonyl (C=O) groups excluding carboxylic acids is 2. The van der Waals surface area contributed by atoms with Crippen LogP contribution in [0.1, 0.15) is 0 Å². The van der Waals surface area contributed by atoms with Gasteiger partial charge in [-0.15, -0.1) is 0 Å². The molecule has 0 aliphatic carbocycles. The normalized spacial score (nSPS) is 17.4. The summed E-state index contributed by atoms with van der Waals surface area (Å²) in [5.41, 5.74) is 0. The summed E-state index contributed by atoms with van der Waals surface area (Å²) in [7, 11) is 2.58. The van der Waals surface area contributed by atoms with Crippen LogP contribution in [0.5, 0.6) is 0 Å². The Morgan fingerprint density at radius 3 is 1.44 bits per heavy atom. The molecule has 8 heteroatoms. The molecule has 0 radical (unpaired) electrons. The molecule has 0 aromatic rings. The Morgan fingerprint density at radius 2 is 1.17 bits per heavy atom.